The van der Waals surface area contributed by atoms with Crippen LogP contribution in [-0.4, -0.2) is 36.7 Å². The van der Waals surface area contributed by atoms with Gasteiger partial charge >= 0.3 is 0 Å². The molecule has 1 fully saturated rings. The first-order chi connectivity index (χ1) is 8.77. The van der Waals surface area contributed by atoms with E-state index in [1.807, 2.05) is 24.4 Å². The number of carbonyl (C=O) groups is 1. The summed E-state index contributed by atoms with van der Waals surface area (Å²) in [6, 6.07) is 8.20. The van der Waals surface area contributed by atoms with Crippen molar-refractivity contribution in [3.63, 3.8) is 0 Å². The Morgan fingerprint density at radius 3 is 2.72 bits per heavy atom. The lowest BCUT2D eigenvalue weighted by Gasteiger charge is -2.30. The van der Waals surface area contributed by atoms with Crippen molar-refractivity contribution in [1.29, 1.82) is 0 Å². The highest BCUT2D eigenvalue weighted by molar-refractivity contribution is 5.98. The van der Waals surface area contributed by atoms with Gasteiger partial charge in [0.2, 0.25) is 5.91 Å². The second-order valence-electron chi connectivity index (χ2n) is 4.65. The van der Waals surface area contributed by atoms with Crippen LogP contribution in [-0.2, 0) is 0 Å². The van der Waals surface area contributed by atoms with E-state index < -0.39 is 0 Å². The predicted octanol–water partition coefficient (Wildman–Crippen LogP) is 1.71. The van der Waals surface area contributed by atoms with E-state index in [1.54, 1.807) is 11.5 Å². The minimum Gasteiger partial charge on any atom is -0.368 e. The summed E-state index contributed by atoms with van der Waals surface area (Å²) in [5, 5.41) is 4.52. The molecule has 1 aromatic carbocycles. The minimum absolute atomic E-state index is 0.0578. The van der Waals surface area contributed by atoms with Gasteiger partial charge in [-0.1, -0.05) is 6.07 Å². The first kappa shape index (κ1) is 11.3. The fourth-order valence-electron chi connectivity index (χ4n) is 2.61. The molecule has 1 saturated heterocycles. The van der Waals surface area contributed by atoms with E-state index in [2.05, 4.69) is 16.3 Å². The number of rotatable bonds is 1. The number of nitrogens with one attached hydrogen (secondary N) is 1. The van der Waals surface area contributed by atoms with Crippen LogP contribution in [0, 0.1) is 0 Å². The molecule has 0 radical (unpaired) electrons. The van der Waals surface area contributed by atoms with Crippen molar-refractivity contribution >= 4 is 22.5 Å². The van der Waals surface area contributed by atoms with Gasteiger partial charge < -0.3 is 10.2 Å². The van der Waals surface area contributed by atoms with Crippen LogP contribution >= 0.6 is 0 Å². The molecule has 1 aliphatic rings. The van der Waals surface area contributed by atoms with Crippen molar-refractivity contribution in [3.8, 4) is 0 Å². The predicted molar refractivity (Wildman–Crippen MR) is 73.3 cm³/mol. The van der Waals surface area contributed by atoms with E-state index in [4.69, 9.17) is 0 Å². The molecule has 2 aromatic rings. The average Bonchev–Trinajstić information content (AvgIpc) is 2.83. The molecule has 0 bridgehead atoms. The van der Waals surface area contributed by atoms with E-state index in [0.717, 1.165) is 37.1 Å². The summed E-state index contributed by atoms with van der Waals surface area (Å²) in [4.78, 5) is 13.9. The fraction of sp³-hybridized carbons (Fsp3) is 0.357. The number of benzene rings is 1. The van der Waals surface area contributed by atoms with Crippen LogP contribution in [0.4, 0.5) is 5.69 Å². The van der Waals surface area contributed by atoms with E-state index in [-0.39, 0.29) is 5.91 Å². The first-order valence-electron chi connectivity index (χ1n) is 6.34. The number of fused-ring (bicyclic) bond motifs is 1. The van der Waals surface area contributed by atoms with Gasteiger partial charge in [-0.25, -0.2) is 0 Å². The van der Waals surface area contributed by atoms with Crippen LogP contribution in [0.2, 0.25) is 0 Å². The van der Waals surface area contributed by atoms with Gasteiger partial charge in [-0.3, -0.25) is 9.36 Å². The van der Waals surface area contributed by atoms with Crippen LogP contribution < -0.4 is 10.2 Å². The van der Waals surface area contributed by atoms with E-state index >= 15 is 0 Å². The molecule has 4 heteroatoms. The average molecular weight is 243 g/mol. The Morgan fingerprint density at radius 2 is 2.00 bits per heavy atom. The summed E-state index contributed by atoms with van der Waals surface area (Å²) in [5.41, 5.74) is 2.23. The first-order valence-corrected chi connectivity index (χ1v) is 6.34. The van der Waals surface area contributed by atoms with Crippen molar-refractivity contribution in [2.24, 2.45) is 0 Å². The zero-order chi connectivity index (χ0) is 12.5. The molecule has 0 aliphatic carbocycles. The highest BCUT2D eigenvalue weighted by atomic mass is 16.1. The standard InChI is InChI=1S/C14H17N3O/c1-11(18)17-8-5-12-13(3-2-4-14(12)17)16-9-6-15-7-10-16/h2-5,8,15H,6-7,9-10H2,1H3. The van der Waals surface area contributed by atoms with Gasteiger partial charge in [-0.2, -0.15) is 0 Å². The maximum Gasteiger partial charge on any atom is 0.227 e. The summed E-state index contributed by atoms with van der Waals surface area (Å²) < 4.78 is 1.71. The van der Waals surface area contributed by atoms with Crippen LogP contribution in [0.15, 0.2) is 30.5 Å². The SMILES string of the molecule is CC(=O)n1ccc2c(N3CCNCC3)cccc21. The number of piperazine rings is 1. The van der Waals surface area contributed by atoms with E-state index in [0.29, 0.717) is 0 Å². The Morgan fingerprint density at radius 1 is 1.22 bits per heavy atom. The van der Waals surface area contributed by atoms with Crippen LogP contribution in [0.25, 0.3) is 10.9 Å². The smallest absolute Gasteiger partial charge is 0.227 e. The lowest BCUT2D eigenvalue weighted by molar-refractivity contribution is 0.0941. The van der Waals surface area contributed by atoms with Gasteiger partial charge in [0, 0.05) is 50.4 Å². The second kappa shape index (κ2) is 4.46. The third kappa shape index (κ3) is 1.78. The molecule has 0 saturated carbocycles. The summed E-state index contributed by atoms with van der Waals surface area (Å²) in [6.07, 6.45) is 1.86. The molecule has 94 valence electrons. The molecule has 0 amide bonds. The molecule has 1 aliphatic heterocycles. The molecule has 2 heterocycles. The Balaban J connectivity index is 2.09. The van der Waals surface area contributed by atoms with Gasteiger partial charge in [0.05, 0.1) is 5.52 Å². The van der Waals surface area contributed by atoms with Gasteiger partial charge in [0.25, 0.3) is 0 Å². The molecule has 0 atom stereocenters. The summed E-state index contributed by atoms with van der Waals surface area (Å²) in [6.45, 7) is 5.67. The van der Waals surface area contributed by atoms with Crippen LogP contribution in [0.3, 0.4) is 0 Å². The molecule has 1 aromatic heterocycles. The Hall–Kier alpha value is -1.81. The molecule has 18 heavy (non-hydrogen) atoms. The molecule has 4 nitrogen and oxygen atoms in total. The van der Waals surface area contributed by atoms with Crippen LogP contribution in [0.1, 0.15) is 11.7 Å². The third-order valence-electron chi connectivity index (χ3n) is 3.51. The zero-order valence-corrected chi connectivity index (χ0v) is 10.5. The fourth-order valence-corrected chi connectivity index (χ4v) is 2.61. The number of anilines is 1. The number of nitrogens with zero attached hydrogens (tertiary/aromatic N) is 2. The van der Waals surface area contributed by atoms with Gasteiger partial charge in [0.1, 0.15) is 0 Å². The van der Waals surface area contributed by atoms with Crippen molar-refractivity contribution in [1.82, 2.24) is 9.88 Å². The second-order valence-corrected chi connectivity index (χ2v) is 4.65. The largest absolute Gasteiger partial charge is 0.368 e. The highest BCUT2D eigenvalue weighted by Crippen LogP contribution is 2.27. The molecule has 3 rings (SSSR count). The molecule has 1 N–H and O–H groups in total. The summed E-state index contributed by atoms with van der Waals surface area (Å²) >= 11 is 0. The van der Waals surface area contributed by atoms with Crippen molar-refractivity contribution in [3.05, 3.63) is 30.5 Å². The molecular formula is C14H17N3O. The maximum absolute atomic E-state index is 11.5. The number of aromatic nitrogens is 1. The van der Waals surface area contributed by atoms with Crippen molar-refractivity contribution in [2.45, 2.75) is 6.92 Å². The lowest BCUT2D eigenvalue weighted by atomic mass is 10.2. The topological polar surface area (TPSA) is 37.3 Å². The van der Waals surface area contributed by atoms with E-state index in [1.165, 1.54) is 5.69 Å². The van der Waals surface area contributed by atoms with E-state index in [9.17, 15) is 4.79 Å². The Labute approximate surface area is 106 Å². The Bertz CT molecular complexity index is 582. The molecular weight excluding hydrogens is 226 g/mol. The Kier molecular flexibility index (Phi) is 2.80. The summed E-state index contributed by atoms with van der Waals surface area (Å²) in [7, 11) is 0. The number of hydrogen-bond donors (Lipinski definition) is 1. The number of hydrogen-bond acceptors (Lipinski definition) is 3. The molecule has 0 spiro atoms. The summed E-state index contributed by atoms with van der Waals surface area (Å²) in [5.74, 6) is 0.0578. The van der Waals surface area contributed by atoms with Crippen molar-refractivity contribution < 1.29 is 4.79 Å². The highest BCUT2D eigenvalue weighted by Gasteiger charge is 2.15. The minimum atomic E-state index is 0.0578. The quantitative estimate of drug-likeness (QED) is 0.828. The third-order valence-corrected chi connectivity index (χ3v) is 3.51. The van der Waals surface area contributed by atoms with Gasteiger partial charge in [-0.05, 0) is 18.2 Å². The monoisotopic (exact) mass is 243 g/mol. The zero-order valence-electron chi connectivity index (χ0n) is 10.5. The molecule has 0 unspecified atom stereocenters. The lowest BCUT2D eigenvalue weighted by Crippen LogP contribution is -2.43. The van der Waals surface area contributed by atoms with Gasteiger partial charge in [-0.15, -0.1) is 0 Å². The van der Waals surface area contributed by atoms with Crippen LogP contribution in [0.5, 0.6) is 0 Å². The maximum atomic E-state index is 11.5. The van der Waals surface area contributed by atoms with Crippen molar-refractivity contribution in [2.75, 3.05) is 31.1 Å². The number of carbonyl (C=O) groups excluding carboxylic acids is 1. The van der Waals surface area contributed by atoms with Gasteiger partial charge in [0.15, 0.2) is 0 Å². The normalized spacial score (nSPS) is 16.2.